The van der Waals surface area contributed by atoms with E-state index in [9.17, 15) is 0 Å². The van der Waals surface area contributed by atoms with Gasteiger partial charge in [-0.05, 0) is 12.2 Å². The van der Waals surface area contributed by atoms with Crippen LogP contribution in [0.15, 0.2) is 4.99 Å². The number of hydrogen-bond acceptors (Lipinski definition) is 4. The topological polar surface area (TPSA) is 48.9 Å². The molecule has 0 radical (unpaired) electrons. The van der Waals surface area contributed by atoms with E-state index in [0.29, 0.717) is 12.0 Å². The molecule has 1 rings (SSSR count). The molecule has 1 aliphatic heterocycles. The van der Waals surface area contributed by atoms with E-state index >= 15 is 0 Å². The molecule has 1 saturated heterocycles. The Morgan fingerprint density at radius 2 is 1.95 bits per heavy atom. The van der Waals surface area contributed by atoms with Crippen molar-refractivity contribution in [1.82, 2.24) is 15.5 Å². The van der Waals surface area contributed by atoms with Crippen LogP contribution < -0.4 is 10.6 Å². The van der Waals surface area contributed by atoms with E-state index in [0.717, 1.165) is 51.1 Å². The Hall–Kier alpha value is 0.270. The fraction of sp³-hybridized carbons (Fsp3) is 0.929. The van der Waals surface area contributed by atoms with E-state index in [4.69, 9.17) is 4.74 Å². The number of rotatable bonds is 7. The number of morpholine rings is 1. The summed E-state index contributed by atoms with van der Waals surface area (Å²) < 4.78 is 5.44. The van der Waals surface area contributed by atoms with Gasteiger partial charge < -0.3 is 15.4 Å². The third-order valence-corrected chi connectivity index (χ3v) is 4.20. The van der Waals surface area contributed by atoms with E-state index in [1.54, 1.807) is 0 Å². The number of aliphatic imine (C=N–C) groups is 1. The molecule has 1 atom stereocenters. The molecule has 1 fully saturated rings. The van der Waals surface area contributed by atoms with Crippen LogP contribution in [-0.2, 0) is 4.74 Å². The Labute approximate surface area is 151 Å². The molecule has 5 nitrogen and oxygen atoms in total. The lowest BCUT2D eigenvalue weighted by atomic mass is 10.0. The minimum atomic E-state index is 0. The molecular weight excluding hydrogens is 399 g/mol. The van der Waals surface area contributed by atoms with Crippen LogP contribution >= 0.6 is 35.7 Å². The van der Waals surface area contributed by atoms with Crippen molar-refractivity contribution in [3.05, 3.63) is 0 Å². The summed E-state index contributed by atoms with van der Waals surface area (Å²) in [7, 11) is 1.83. The van der Waals surface area contributed by atoms with Crippen molar-refractivity contribution in [3.8, 4) is 0 Å². The van der Waals surface area contributed by atoms with E-state index in [1.807, 2.05) is 18.8 Å². The molecule has 7 heteroatoms. The summed E-state index contributed by atoms with van der Waals surface area (Å²) in [5, 5.41) is 6.80. The van der Waals surface area contributed by atoms with Gasteiger partial charge in [-0.25, -0.2) is 0 Å². The van der Waals surface area contributed by atoms with Crippen molar-refractivity contribution in [2.24, 2.45) is 10.9 Å². The van der Waals surface area contributed by atoms with Gasteiger partial charge >= 0.3 is 0 Å². The van der Waals surface area contributed by atoms with Gasteiger partial charge in [0.05, 0.1) is 13.2 Å². The average Bonchev–Trinajstić information content (AvgIpc) is 2.46. The highest BCUT2D eigenvalue weighted by atomic mass is 127. The Balaban J connectivity index is 0.00000400. The largest absolute Gasteiger partial charge is 0.379 e. The lowest BCUT2D eigenvalue weighted by Crippen LogP contribution is -2.52. The lowest BCUT2D eigenvalue weighted by molar-refractivity contribution is 0.00752. The summed E-state index contributed by atoms with van der Waals surface area (Å²) in [6.45, 7) is 10.2. The quantitative estimate of drug-likeness (QED) is 0.278. The summed E-state index contributed by atoms with van der Waals surface area (Å²) in [4.78, 5) is 6.80. The summed E-state index contributed by atoms with van der Waals surface area (Å²) in [5.41, 5.74) is 0. The Bertz CT molecular complexity index is 286. The predicted octanol–water partition coefficient (Wildman–Crippen LogP) is 1.49. The van der Waals surface area contributed by atoms with Gasteiger partial charge in [0.1, 0.15) is 0 Å². The van der Waals surface area contributed by atoms with Crippen LogP contribution in [0.3, 0.4) is 0 Å². The minimum absolute atomic E-state index is 0. The Kier molecular flexibility index (Phi) is 12.9. The molecule has 1 unspecified atom stereocenters. The predicted molar refractivity (Wildman–Crippen MR) is 104 cm³/mol. The zero-order valence-electron chi connectivity index (χ0n) is 13.7. The third kappa shape index (κ3) is 8.47. The van der Waals surface area contributed by atoms with Gasteiger partial charge in [-0.15, -0.1) is 24.0 Å². The molecule has 2 N–H and O–H groups in total. The van der Waals surface area contributed by atoms with Crippen molar-refractivity contribution < 1.29 is 4.74 Å². The molecule has 0 bridgehead atoms. The monoisotopic (exact) mass is 430 g/mol. The van der Waals surface area contributed by atoms with Crippen LogP contribution in [0, 0.1) is 5.92 Å². The number of thioether (sulfide) groups is 1. The van der Waals surface area contributed by atoms with Crippen LogP contribution in [0.1, 0.15) is 13.8 Å². The molecule has 1 heterocycles. The highest BCUT2D eigenvalue weighted by molar-refractivity contribution is 14.0. The number of nitrogens with zero attached hydrogens (tertiary/aromatic N) is 2. The number of nitrogens with one attached hydrogen (secondary N) is 2. The number of guanidine groups is 1. The average molecular weight is 430 g/mol. The molecule has 1 aliphatic rings. The van der Waals surface area contributed by atoms with Crippen molar-refractivity contribution in [2.75, 3.05) is 58.4 Å². The van der Waals surface area contributed by atoms with Crippen molar-refractivity contribution in [1.29, 1.82) is 0 Å². The van der Waals surface area contributed by atoms with Gasteiger partial charge in [0.25, 0.3) is 0 Å². The van der Waals surface area contributed by atoms with Crippen molar-refractivity contribution in [2.45, 2.75) is 19.9 Å². The van der Waals surface area contributed by atoms with Crippen LogP contribution in [0.5, 0.6) is 0 Å². The molecule has 0 amide bonds. The lowest BCUT2D eigenvalue weighted by Gasteiger charge is -2.37. The van der Waals surface area contributed by atoms with Gasteiger partial charge in [0, 0.05) is 45.0 Å². The van der Waals surface area contributed by atoms with Gasteiger partial charge in [-0.1, -0.05) is 13.8 Å². The minimum Gasteiger partial charge on any atom is -0.379 e. The van der Waals surface area contributed by atoms with Crippen LogP contribution in [0.4, 0.5) is 0 Å². The van der Waals surface area contributed by atoms with Crippen LogP contribution in [0.2, 0.25) is 0 Å². The van der Waals surface area contributed by atoms with Gasteiger partial charge in [0.2, 0.25) is 0 Å². The number of ether oxygens (including phenoxy) is 1. The standard InChI is InChI=1S/C14H30N4OS.HI/c1-12(2)13(18-6-8-19-9-7-18)11-17-14(15-3)16-5-10-20-4;/h12-13H,5-11H2,1-4H3,(H2,15,16,17);1H. The molecule has 0 aliphatic carbocycles. The number of hydrogen-bond donors (Lipinski definition) is 2. The Morgan fingerprint density at radius 1 is 1.29 bits per heavy atom. The number of halogens is 1. The smallest absolute Gasteiger partial charge is 0.191 e. The maximum atomic E-state index is 5.44. The molecule has 0 spiro atoms. The highest BCUT2D eigenvalue weighted by Gasteiger charge is 2.23. The summed E-state index contributed by atoms with van der Waals surface area (Å²) in [6, 6.07) is 0.526. The fourth-order valence-corrected chi connectivity index (χ4v) is 2.70. The first-order valence-electron chi connectivity index (χ1n) is 7.44. The summed E-state index contributed by atoms with van der Waals surface area (Å²) in [6.07, 6.45) is 2.12. The second-order valence-corrected chi connectivity index (χ2v) is 6.32. The molecule has 126 valence electrons. The van der Waals surface area contributed by atoms with Crippen molar-refractivity contribution in [3.63, 3.8) is 0 Å². The van der Waals surface area contributed by atoms with E-state index < -0.39 is 0 Å². The normalized spacial score (nSPS) is 18.2. The van der Waals surface area contributed by atoms with E-state index in [2.05, 4.69) is 40.6 Å². The van der Waals surface area contributed by atoms with E-state index in [1.165, 1.54) is 0 Å². The van der Waals surface area contributed by atoms with Crippen LogP contribution in [0.25, 0.3) is 0 Å². The van der Waals surface area contributed by atoms with Gasteiger partial charge in [-0.3, -0.25) is 9.89 Å². The third-order valence-electron chi connectivity index (χ3n) is 3.59. The molecule has 0 saturated carbocycles. The second kappa shape index (κ2) is 12.8. The maximum Gasteiger partial charge on any atom is 0.191 e. The first kappa shape index (κ1) is 21.3. The molecule has 0 aromatic heterocycles. The van der Waals surface area contributed by atoms with Crippen molar-refractivity contribution >= 4 is 41.7 Å². The summed E-state index contributed by atoms with van der Waals surface area (Å²) >= 11 is 1.84. The van der Waals surface area contributed by atoms with Gasteiger partial charge in [-0.2, -0.15) is 11.8 Å². The molecule has 0 aromatic carbocycles. The van der Waals surface area contributed by atoms with Gasteiger partial charge in [0.15, 0.2) is 5.96 Å². The first-order chi connectivity index (χ1) is 9.69. The first-order valence-corrected chi connectivity index (χ1v) is 8.83. The highest BCUT2D eigenvalue weighted by Crippen LogP contribution is 2.12. The zero-order valence-corrected chi connectivity index (χ0v) is 16.9. The second-order valence-electron chi connectivity index (χ2n) is 5.33. The molecule has 0 aromatic rings. The zero-order chi connectivity index (χ0) is 14.8. The maximum absolute atomic E-state index is 5.44. The summed E-state index contributed by atoms with van der Waals surface area (Å²) in [5.74, 6) is 2.61. The SMILES string of the molecule is CN=C(NCCSC)NCC(C(C)C)N1CCOCC1.I. The Morgan fingerprint density at radius 3 is 2.48 bits per heavy atom. The van der Waals surface area contributed by atoms with Crippen LogP contribution in [-0.4, -0.2) is 75.4 Å². The fourth-order valence-electron chi connectivity index (χ4n) is 2.39. The molecule has 21 heavy (non-hydrogen) atoms. The van der Waals surface area contributed by atoms with E-state index in [-0.39, 0.29) is 24.0 Å². The molecular formula is C14H31IN4OS.